The number of hydrogen-bond donors (Lipinski definition) is 0. The molecule has 0 N–H and O–H groups in total. The van der Waals surface area contributed by atoms with Crippen LogP contribution in [0.3, 0.4) is 0 Å². The predicted molar refractivity (Wildman–Crippen MR) is 75.5 cm³/mol. The van der Waals surface area contributed by atoms with E-state index in [4.69, 9.17) is 5.26 Å². The molecule has 0 amide bonds. The van der Waals surface area contributed by atoms with E-state index < -0.39 is 23.3 Å². The molecule has 1 aliphatic carbocycles. The van der Waals surface area contributed by atoms with Gasteiger partial charge in [0.2, 0.25) is 5.78 Å². The molecule has 0 unspecified atom stereocenters. The maximum Gasteiger partial charge on any atom is 0.419 e. The van der Waals surface area contributed by atoms with E-state index in [-0.39, 0.29) is 28.7 Å². The van der Waals surface area contributed by atoms with Gasteiger partial charge in [0, 0.05) is 32.3 Å². The Morgan fingerprint density at radius 1 is 1.35 bits per heavy atom. The summed E-state index contributed by atoms with van der Waals surface area (Å²) >= 11 is 0. The van der Waals surface area contributed by atoms with E-state index in [1.807, 2.05) is 0 Å². The molecule has 1 aliphatic rings. The first kappa shape index (κ1) is 16.7. The van der Waals surface area contributed by atoms with Crippen molar-refractivity contribution in [1.29, 1.82) is 5.26 Å². The van der Waals surface area contributed by atoms with Gasteiger partial charge in [-0.25, -0.2) is 4.39 Å². The monoisotopic (exact) mass is 324 g/mol. The summed E-state index contributed by atoms with van der Waals surface area (Å²) in [6.45, 7) is 0. The third-order valence-corrected chi connectivity index (χ3v) is 3.29. The number of halogens is 4. The highest BCUT2D eigenvalue weighted by molar-refractivity contribution is 6.14. The second-order valence-electron chi connectivity index (χ2n) is 5.32. The van der Waals surface area contributed by atoms with Crippen molar-refractivity contribution >= 4 is 11.9 Å². The van der Waals surface area contributed by atoms with Gasteiger partial charge in [0.1, 0.15) is 17.5 Å². The SMILES string of the molecule is CN(C)C=C(C#N)C(=O)C1=Cc2cc(F)c(C(F)(F)F)cc2C1. The number of nitrogens with zero attached hydrogens (tertiary/aromatic N) is 2. The summed E-state index contributed by atoms with van der Waals surface area (Å²) in [6.07, 6.45) is -2.21. The van der Waals surface area contributed by atoms with E-state index in [1.54, 1.807) is 20.2 Å². The molecule has 0 spiro atoms. The number of carbonyl (C=O) groups is 1. The average molecular weight is 324 g/mol. The first-order chi connectivity index (χ1) is 10.6. The van der Waals surface area contributed by atoms with Crippen LogP contribution in [0.1, 0.15) is 16.7 Å². The molecule has 2 rings (SSSR count). The van der Waals surface area contributed by atoms with Gasteiger partial charge in [-0.2, -0.15) is 18.4 Å². The molecule has 23 heavy (non-hydrogen) atoms. The molecule has 0 fully saturated rings. The Balaban J connectivity index is 2.36. The van der Waals surface area contributed by atoms with Gasteiger partial charge in [0.05, 0.1) is 5.56 Å². The van der Waals surface area contributed by atoms with Gasteiger partial charge < -0.3 is 4.90 Å². The maximum atomic E-state index is 13.6. The summed E-state index contributed by atoms with van der Waals surface area (Å²) in [5.41, 5.74) is -0.896. The Kier molecular flexibility index (Phi) is 4.28. The molecule has 0 atom stereocenters. The molecule has 0 bridgehead atoms. The first-order valence-corrected chi connectivity index (χ1v) is 6.56. The molecular weight excluding hydrogens is 312 g/mol. The highest BCUT2D eigenvalue weighted by Crippen LogP contribution is 2.36. The summed E-state index contributed by atoms with van der Waals surface area (Å²) in [4.78, 5) is 13.8. The highest BCUT2D eigenvalue weighted by Gasteiger charge is 2.35. The quantitative estimate of drug-likeness (QED) is 0.487. The second-order valence-corrected chi connectivity index (χ2v) is 5.32. The van der Waals surface area contributed by atoms with Crippen LogP contribution >= 0.6 is 0 Å². The van der Waals surface area contributed by atoms with Crippen LogP contribution in [-0.4, -0.2) is 24.8 Å². The lowest BCUT2D eigenvalue weighted by atomic mass is 10.0. The first-order valence-electron chi connectivity index (χ1n) is 6.56. The van der Waals surface area contributed by atoms with E-state index in [9.17, 15) is 22.4 Å². The second kappa shape index (κ2) is 5.88. The molecule has 7 heteroatoms. The maximum absolute atomic E-state index is 13.6. The number of fused-ring (bicyclic) bond motifs is 1. The van der Waals surface area contributed by atoms with Gasteiger partial charge in [-0.3, -0.25) is 4.79 Å². The van der Waals surface area contributed by atoms with Crippen LogP contribution in [0.4, 0.5) is 17.6 Å². The van der Waals surface area contributed by atoms with Gasteiger partial charge in [0.25, 0.3) is 0 Å². The van der Waals surface area contributed by atoms with E-state index in [2.05, 4.69) is 0 Å². The number of benzene rings is 1. The van der Waals surface area contributed by atoms with Crippen LogP contribution in [-0.2, 0) is 17.4 Å². The number of allylic oxidation sites excluding steroid dienone is 2. The fourth-order valence-corrected chi connectivity index (χ4v) is 2.30. The number of ketones is 1. The molecule has 1 aromatic rings. The largest absolute Gasteiger partial charge is 0.419 e. The molecule has 0 heterocycles. The van der Waals surface area contributed by atoms with E-state index in [0.717, 1.165) is 6.07 Å². The summed E-state index contributed by atoms with van der Waals surface area (Å²) in [7, 11) is 3.26. The fraction of sp³-hybridized carbons (Fsp3) is 0.250. The summed E-state index contributed by atoms with van der Waals surface area (Å²) < 4.78 is 51.7. The lowest BCUT2D eigenvalue weighted by Gasteiger charge is -2.10. The Morgan fingerprint density at radius 2 is 2.00 bits per heavy atom. The molecule has 0 aromatic heterocycles. The fourth-order valence-electron chi connectivity index (χ4n) is 2.30. The van der Waals surface area contributed by atoms with Crippen LogP contribution < -0.4 is 0 Å². The van der Waals surface area contributed by atoms with Crippen LogP contribution in [0.15, 0.2) is 29.5 Å². The number of nitriles is 1. The summed E-state index contributed by atoms with van der Waals surface area (Å²) in [6, 6.07) is 3.23. The van der Waals surface area contributed by atoms with E-state index in [0.29, 0.717) is 6.07 Å². The van der Waals surface area contributed by atoms with Crippen molar-refractivity contribution in [2.45, 2.75) is 12.6 Å². The Labute approximate surface area is 130 Å². The van der Waals surface area contributed by atoms with Crippen LogP contribution in [0.25, 0.3) is 6.08 Å². The van der Waals surface area contributed by atoms with Crippen molar-refractivity contribution in [2.24, 2.45) is 0 Å². The lowest BCUT2D eigenvalue weighted by molar-refractivity contribution is -0.140. The molecule has 0 saturated carbocycles. The number of rotatable bonds is 3. The van der Waals surface area contributed by atoms with Crippen molar-refractivity contribution < 1.29 is 22.4 Å². The molecule has 0 saturated heterocycles. The van der Waals surface area contributed by atoms with Crippen molar-refractivity contribution in [2.75, 3.05) is 14.1 Å². The predicted octanol–water partition coefficient (Wildman–Crippen LogP) is 3.32. The topological polar surface area (TPSA) is 44.1 Å². The normalized spacial score (nSPS) is 14.1. The minimum absolute atomic E-state index is 0.0655. The summed E-state index contributed by atoms with van der Waals surface area (Å²) in [5, 5.41) is 9.02. The van der Waals surface area contributed by atoms with Crippen molar-refractivity contribution in [1.82, 2.24) is 4.90 Å². The average Bonchev–Trinajstić information content (AvgIpc) is 2.84. The zero-order valence-electron chi connectivity index (χ0n) is 12.3. The van der Waals surface area contributed by atoms with Crippen molar-refractivity contribution in [3.63, 3.8) is 0 Å². The number of carbonyl (C=O) groups excluding carboxylic acids is 1. The minimum atomic E-state index is -4.80. The Hall–Kier alpha value is -2.62. The van der Waals surface area contributed by atoms with Crippen LogP contribution in [0.5, 0.6) is 0 Å². The van der Waals surface area contributed by atoms with E-state index in [1.165, 1.54) is 17.2 Å². The van der Waals surface area contributed by atoms with Crippen molar-refractivity contribution in [3.05, 3.63) is 52.0 Å². The molecule has 1 aromatic carbocycles. The molecule has 3 nitrogen and oxygen atoms in total. The van der Waals surface area contributed by atoms with Gasteiger partial charge in [-0.15, -0.1) is 0 Å². The van der Waals surface area contributed by atoms with Crippen LogP contribution in [0, 0.1) is 17.1 Å². The smallest absolute Gasteiger partial charge is 0.382 e. The standard InChI is InChI=1S/C16H12F4N2O/c1-22(2)8-12(7-21)15(23)11-3-9-5-13(16(18,19)20)14(17)6-10(9)4-11/h4-6,8H,3H2,1-2H3. The number of hydrogen-bond acceptors (Lipinski definition) is 3. The number of Topliss-reactive ketones (excluding diaryl/α,β-unsaturated/α-hetero) is 1. The third kappa shape index (κ3) is 3.42. The summed E-state index contributed by atoms with van der Waals surface area (Å²) in [5.74, 6) is -1.96. The molecule has 0 radical (unpaired) electrons. The highest BCUT2D eigenvalue weighted by atomic mass is 19.4. The zero-order chi connectivity index (χ0) is 17.4. The lowest BCUT2D eigenvalue weighted by Crippen LogP contribution is -2.11. The molecule has 120 valence electrons. The van der Waals surface area contributed by atoms with E-state index >= 15 is 0 Å². The molecular formula is C16H12F4N2O. The van der Waals surface area contributed by atoms with Gasteiger partial charge in [-0.05, 0) is 29.3 Å². The zero-order valence-corrected chi connectivity index (χ0v) is 12.3. The van der Waals surface area contributed by atoms with Crippen molar-refractivity contribution in [3.8, 4) is 6.07 Å². The third-order valence-electron chi connectivity index (χ3n) is 3.29. The Morgan fingerprint density at radius 3 is 2.52 bits per heavy atom. The Bertz CT molecular complexity index is 768. The van der Waals surface area contributed by atoms with Gasteiger partial charge in [0.15, 0.2) is 0 Å². The molecule has 0 aliphatic heterocycles. The minimum Gasteiger partial charge on any atom is -0.382 e. The number of alkyl halides is 3. The van der Waals surface area contributed by atoms with Gasteiger partial charge >= 0.3 is 6.18 Å². The van der Waals surface area contributed by atoms with Gasteiger partial charge in [-0.1, -0.05) is 0 Å². The van der Waals surface area contributed by atoms with Crippen LogP contribution in [0.2, 0.25) is 0 Å².